The van der Waals surface area contributed by atoms with Gasteiger partial charge in [-0.2, -0.15) is 0 Å². The second kappa shape index (κ2) is 20.0. The lowest BCUT2D eigenvalue weighted by Gasteiger charge is -2.48. The molecule has 15 atom stereocenters. The quantitative estimate of drug-likeness (QED) is 0.0781. The Morgan fingerprint density at radius 3 is 1.49 bits per heavy atom. The summed E-state index contributed by atoms with van der Waals surface area (Å²) >= 11 is 0. The summed E-state index contributed by atoms with van der Waals surface area (Å²) < 4.78 is 39.0. The summed E-state index contributed by atoms with van der Waals surface area (Å²) in [6.07, 6.45) is -22.0. The molecule has 0 aliphatic carbocycles. The Labute approximate surface area is 288 Å². The number of aliphatic hydroxyl groups is 10. The summed E-state index contributed by atoms with van der Waals surface area (Å²) in [7, 11) is 1.32. The molecule has 3 aliphatic rings. The summed E-state index contributed by atoms with van der Waals surface area (Å²) in [6.45, 7) is 10.7. The van der Waals surface area contributed by atoms with Gasteiger partial charge in [-0.3, -0.25) is 0 Å². The molecule has 0 aromatic heterocycles. The van der Waals surface area contributed by atoms with Crippen molar-refractivity contribution in [3.8, 4) is 0 Å². The Kier molecular flexibility index (Phi) is 18.1. The van der Waals surface area contributed by atoms with Gasteiger partial charge in [0.1, 0.15) is 73.2 Å². The first kappa shape index (κ1) is 44.5. The van der Waals surface area contributed by atoms with E-state index in [0.717, 1.165) is 6.42 Å². The molecule has 0 bridgehead atoms. The van der Waals surface area contributed by atoms with Crippen LogP contribution >= 0.6 is 0 Å². The van der Waals surface area contributed by atoms with Crippen LogP contribution in [0.3, 0.4) is 0 Å². The first-order valence-corrected chi connectivity index (χ1v) is 17.0. The maximum absolute atomic E-state index is 11.2. The number of ether oxygens (including phenoxy) is 7. The minimum atomic E-state index is -1.88. The molecule has 0 amide bonds. The van der Waals surface area contributed by atoms with E-state index in [2.05, 4.69) is 13.8 Å². The largest absolute Gasteiger partial charge is 0.396 e. The van der Waals surface area contributed by atoms with Crippen molar-refractivity contribution < 1.29 is 84.2 Å². The molecular formula is C32H62O17. The monoisotopic (exact) mass is 718 g/mol. The van der Waals surface area contributed by atoms with Crippen molar-refractivity contribution in [1.29, 1.82) is 0 Å². The van der Waals surface area contributed by atoms with E-state index in [0.29, 0.717) is 12.8 Å². The van der Waals surface area contributed by atoms with Crippen molar-refractivity contribution in [2.75, 3.05) is 40.1 Å². The molecule has 49 heavy (non-hydrogen) atoms. The lowest BCUT2D eigenvalue weighted by atomic mass is 9.72. The molecule has 0 spiro atoms. The zero-order valence-corrected chi connectivity index (χ0v) is 29.6. The molecule has 0 saturated carbocycles. The average molecular weight is 719 g/mol. The van der Waals surface area contributed by atoms with Gasteiger partial charge in [0.05, 0.1) is 26.4 Å². The lowest BCUT2D eigenvalue weighted by molar-refractivity contribution is -0.381. The van der Waals surface area contributed by atoms with Gasteiger partial charge in [0.2, 0.25) is 0 Å². The van der Waals surface area contributed by atoms with Crippen molar-refractivity contribution in [3.05, 3.63) is 0 Å². The van der Waals surface area contributed by atoms with Crippen molar-refractivity contribution in [2.24, 2.45) is 10.8 Å². The summed E-state index contributed by atoms with van der Waals surface area (Å²) in [6, 6.07) is 0. The molecule has 3 rings (SSSR count). The number of aliphatic hydroxyl groups excluding tert-OH is 10. The second-order valence-electron chi connectivity index (χ2n) is 14.2. The highest BCUT2D eigenvalue weighted by Gasteiger charge is 2.54. The molecule has 17 nitrogen and oxygen atoms in total. The zero-order valence-electron chi connectivity index (χ0n) is 29.6. The maximum atomic E-state index is 11.2. The van der Waals surface area contributed by atoms with Crippen LogP contribution < -0.4 is 0 Å². The van der Waals surface area contributed by atoms with Crippen molar-refractivity contribution in [2.45, 2.75) is 153 Å². The molecule has 3 fully saturated rings. The zero-order chi connectivity index (χ0) is 37.3. The maximum Gasteiger partial charge on any atom is 0.187 e. The summed E-state index contributed by atoms with van der Waals surface area (Å²) in [4.78, 5) is 0. The van der Waals surface area contributed by atoms with Gasteiger partial charge in [-0.05, 0) is 30.1 Å². The number of hydrogen-bond acceptors (Lipinski definition) is 17. The topological polar surface area (TPSA) is 267 Å². The van der Waals surface area contributed by atoms with Crippen LogP contribution in [0.15, 0.2) is 0 Å². The smallest absolute Gasteiger partial charge is 0.187 e. The Morgan fingerprint density at radius 1 is 0.551 bits per heavy atom. The third-order valence-electron chi connectivity index (χ3n) is 9.03. The van der Waals surface area contributed by atoms with Gasteiger partial charge in [-0.1, -0.05) is 41.5 Å². The third-order valence-corrected chi connectivity index (χ3v) is 9.03. The van der Waals surface area contributed by atoms with E-state index in [1.165, 1.54) is 7.11 Å². The van der Waals surface area contributed by atoms with E-state index in [4.69, 9.17) is 33.2 Å². The Morgan fingerprint density at radius 2 is 1.00 bits per heavy atom. The fourth-order valence-corrected chi connectivity index (χ4v) is 6.54. The minimum absolute atomic E-state index is 0.0661. The van der Waals surface area contributed by atoms with Gasteiger partial charge >= 0.3 is 0 Å². The summed E-state index contributed by atoms with van der Waals surface area (Å²) in [5, 5.41) is 104. The Hall–Kier alpha value is -0.680. The van der Waals surface area contributed by atoms with Crippen LogP contribution in [-0.4, -0.2) is 183 Å². The summed E-state index contributed by atoms with van der Waals surface area (Å²) in [5.41, 5.74) is -0.340. The van der Waals surface area contributed by atoms with E-state index in [1.807, 2.05) is 27.7 Å². The molecular weight excluding hydrogens is 656 g/mol. The molecule has 3 heterocycles. The Bertz CT molecular complexity index is 926. The molecule has 17 heteroatoms. The van der Waals surface area contributed by atoms with Gasteiger partial charge in [0.25, 0.3) is 0 Å². The molecule has 0 aromatic rings. The van der Waals surface area contributed by atoms with Crippen LogP contribution in [-0.2, 0) is 33.2 Å². The van der Waals surface area contributed by atoms with Crippen LogP contribution in [0.4, 0.5) is 0 Å². The normalized spacial score (nSPS) is 40.5. The molecule has 0 aromatic carbocycles. The van der Waals surface area contributed by atoms with Gasteiger partial charge in [-0.15, -0.1) is 0 Å². The van der Waals surface area contributed by atoms with E-state index in [1.54, 1.807) is 0 Å². The van der Waals surface area contributed by atoms with Gasteiger partial charge in [0.15, 0.2) is 18.9 Å². The fraction of sp³-hybridized carbons (Fsp3) is 1.00. The van der Waals surface area contributed by atoms with Crippen molar-refractivity contribution >= 4 is 0 Å². The van der Waals surface area contributed by atoms with Crippen LogP contribution in [0, 0.1) is 10.8 Å². The standard InChI is InChI=1S/C30H56O17.C2H6/c1-29(2,6-8-31)13-30(3,4)7-9-42-26-22(39)24(18(35)14(10-32)43-26)47-28-23(40)25(19(36)15(11-33)44-28)46-27-21(38)20(37)17(34)16(45-27)12-41-5;1-2/h14-28,31-40H,6-13H2,1-5H3;1-2H3. The van der Waals surface area contributed by atoms with E-state index >= 15 is 0 Å². The first-order valence-electron chi connectivity index (χ1n) is 17.0. The van der Waals surface area contributed by atoms with Gasteiger partial charge in [0, 0.05) is 13.7 Å². The first-order chi connectivity index (χ1) is 23.0. The van der Waals surface area contributed by atoms with Gasteiger partial charge < -0.3 is 84.2 Å². The number of hydrogen-bond donors (Lipinski definition) is 10. The number of methoxy groups -OCH3 is 1. The SMILES string of the molecule is CC.COCC1OC(OC2C(O)C(CO)OC(OC3C(O)C(CO)OC(OCCC(C)(C)CC(C)(C)CCO)C3O)C2O)C(O)C(O)C1O. The van der Waals surface area contributed by atoms with Crippen LogP contribution in [0.1, 0.15) is 60.8 Å². The predicted molar refractivity (Wildman–Crippen MR) is 170 cm³/mol. The highest BCUT2D eigenvalue weighted by atomic mass is 16.8. The Balaban J connectivity index is 0.00000409. The van der Waals surface area contributed by atoms with E-state index < -0.39 is 105 Å². The molecule has 15 unspecified atom stereocenters. The van der Waals surface area contributed by atoms with E-state index in [9.17, 15) is 51.1 Å². The lowest BCUT2D eigenvalue weighted by Crippen LogP contribution is -2.67. The molecule has 3 aliphatic heterocycles. The van der Waals surface area contributed by atoms with Crippen LogP contribution in [0.25, 0.3) is 0 Å². The van der Waals surface area contributed by atoms with Crippen molar-refractivity contribution in [3.63, 3.8) is 0 Å². The second-order valence-corrected chi connectivity index (χ2v) is 14.2. The van der Waals surface area contributed by atoms with Crippen molar-refractivity contribution in [1.82, 2.24) is 0 Å². The van der Waals surface area contributed by atoms with Gasteiger partial charge in [-0.25, -0.2) is 0 Å². The number of rotatable bonds is 16. The molecule has 292 valence electrons. The average Bonchev–Trinajstić information content (AvgIpc) is 3.04. The van der Waals surface area contributed by atoms with E-state index in [-0.39, 0.29) is 30.7 Å². The molecule has 0 radical (unpaired) electrons. The third kappa shape index (κ3) is 11.7. The summed E-state index contributed by atoms with van der Waals surface area (Å²) in [5.74, 6) is 0. The molecule has 10 N–H and O–H groups in total. The van der Waals surface area contributed by atoms with Crippen LogP contribution in [0.2, 0.25) is 0 Å². The fourth-order valence-electron chi connectivity index (χ4n) is 6.54. The molecule has 3 saturated heterocycles. The highest BCUT2D eigenvalue weighted by Crippen LogP contribution is 2.39. The van der Waals surface area contributed by atoms with Crippen LogP contribution in [0.5, 0.6) is 0 Å². The minimum Gasteiger partial charge on any atom is -0.396 e. The highest BCUT2D eigenvalue weighted by molar-refractivity contribution is 4.96. The predicted octanol–water partition coefficient (Wildman–Crippen LogP) is -2.65.